The van der Waals surface area contributed by atoms with Gasteiger partial charge in [-0.3, -0.25) is 9.59 Å². The molecule has 0 aliphatic carbocycles. The van der Waals surface area contributed by atoms with E-state index in [1.165, 1.54) is 23.1 Å². The Hall–Kier alpha value is -2.60. The smallest absolute Gasteiger partial charge is 0.258 e. The zero-order valence-corrected chi connectivity index (χ0v) is 15.2. The number of rotatable bonds is 3. The number of nitrogens with zero attached hydrogens (tertiary/aromatic N) is 2. The quantitative estimate of drug-likeness (QED) is 0.825. The molecule has 2 aromatic rings. The first kappa shape index (κ1) is 18.2. The van der Waals surface area contributed by atoms with Gasteiger partial charge in [-0.05, 0) is 31.2 Å². The first-order valence-corrected chi connectivity index (χ1v) is 8.49. The van der Waals surface area contributed by atoms with Gasteiger partial charge in [0.05, 0.1) is 23.7 Å². The number of halogens is 2. The second-order valence-corrected chi connectivity index (χ2v) is 6.50. The molecule has 1 aliphatic heterocycles. The van der Waals surface area contributed by atoms with Crippen molar-refractivity contribution in [3.05, 3.63) is 58.9 Å². The second-order valence-electron chi connectivity index (χ2n) is 6.10. The van der Waals surface area contributed by atoms with Crippen molar-refractivity contribution in [2.45, 2.75) is 13.0 Å². The molecule has 26 heavy (non-hydrogen) atoms. The fourth-order valence-corrected chi connectivity index (χ4v) is 3.37. The molecule has 1 aliphatic rings. The van der Waals surface area contributed by atoms with Gasteiger partial charge in [-0.1, -0.05) is 23.7 Å². The number of methoxy groups -OCH3 is 1. The number of hydrogen-bond donors (Lipinski definition) is 0. The predicted octanol–water partition coefficient (Wildman–Crippen LogP) is 3.37. The molecule has 0 bridgehead atoms. The lowest BCUT2D eigenvalue weighted by Crippen LogP contribution is -2.57. The third-order valence-electron chi connectivity index (χ3n) is 4.32. The van der Waals surface area contributed by atoms with Crippen LogP contribution in [0.2, 0.25) is 5.02 Å². The number of benzene rings is 2. The van der Waals surface area contributed by atoms with Gasteiger partial charge in [-0.2, -0.15) is 0 Å². The normalized spacial score (nSPS) is 17.4. The van der Waals surface area contributed by atoms with E-state index in [2.05, 4.69) is 0 Å². The standard InChI is InChI=1S/C19H18ClFN2O3/c1-12-10-22(19(25)18-15(20)7-4-8-16(18)21)11-17(24)23(12)13-5-3-6-14(9-13)26-2/h3-9,12H,10-11H2,1-2H3. The van der Waals surface area contributed by atoms with Crippen molar-refractivity contribution in [1.29, 1.82) is 0 Å². The van der Waals surface area contributed by atoms with Crippen LogP contribution in [0, 0.1) is 5.82 Å². The number of anilines is 1. The average molecular weight is 377 g/mol. The third-order valence-corrected chi connectivity index (χ3v) is 4.63. The first-order chi connectivity index (χ1) is 12.4. The van der Waals surface area contributed by atoms with Gasteiger partial charge >= 0.3 is 0 Å². The minimum absolute atomic E-state index is 0.0327. The molecular formula is C19H18ClFN2O3. The molecule has 0 radical (unpaired) electrons. The topological polar surface area (TPSA) is 49.9 Å². The highest BCUT2D eigenvalue weighted by atomic mass is 35.5. The summed E-state index contributed by atoms with van der Waals surface area (Å²) in [5, 5.41) is 0.0327. The second kappa shape index (κ2) is 7.33. The van der Waals surface area contributed by atoms with Crippen molar-refractivity contribution in [3.63, 3.8) is 0 Å². The molecule has 5 nitrogen and oxygen atoms in total. The van der Waals surface area contributed by atoms with Crippen molar-refractivity contribution in [3.8, 4) is 5.75 Å². The van der Waals surface area contributed by atoms with Crippen molar-refractivity contribution in [2.24, 2.45) is 0 Å². The zero-order valence-electron chi connectivity index (χ0n) is 14.4. The molecule has 2 aromatic carbocycles. The summed E-state index contributed by atoms with van der Waals surface area (Å²) in [6, 6.07) is 10.9. The molecule has 0 spiro atoms. The lowest BCUT2D eigenvalue weighted by molar-refractivity contribution is -0.121. The Morgan fingerprint density at radius 3 is 2.65 bits per heavy atom. The molecule has 1 fully saturated rings. The summed E-state index contributed by atoms with van der Waals surface area (Å²) < 4.78 is 19.2. The van der Waals surface area contributed by atoms with Gasteiger partial charge in [0.1, 0.15) is 18.1 Å². The Morgan fingerprint density at radius 2 is 2.00 bits per heavy atom. The highest BCUT2D eigenvalue weighted by molar-refractivity contribution is 6.33. The number of amides is 2. The number of ether oxygens (including phenoxy) is 1. The van der Waals surface area contributed by atoms with E-state index in [-0.39, 0.29) is 35.6 Å². The summed E-state index contributed by atoms with van der Waals surface area (Å²) in [4.78, 5) is 28.3. The van der Waals surface area contributed by atoms with Gasteiger partial charge in [0.2, 0.25) is 5.91 Å². The van der Waals surface area contributed by atoms with E-state index in [4.69, 9.17) is 16.3 Å². The maximum atomic E-state index is 14.0. The van der Waals surface area contributed by atoms with Gasteiger partial charge in [-0.25, -0.2) is 4.39 Å². The van der Waals surface area contributed by atoms with Gasteiger partial charge in [0.15, 0.2) is 0 Å². The van der Waals surface area contributed by atoms with Crippen LogP contribution in [0.15, 0.2) is 42.5 Å². The van der Waals surface area contributed by atoms with E-state index in [0.717, 1.165) is 0 Å². The van der Waals surface area contributed by atoms with E-state index < -0.39 is 11.7 Å². The van der Waals surface area contributed by atoms with E-state index in [9.17, 15) is 14.0 Å². The van der Waals surface area contributed by atoms with Crippen LogP contribution in [-0.2, 0) is 4.79 Å². The van der Waals surface area contributed by atoms with E-state index in [1.807, 2.05) is 13.0 Å². The Morgan fingerprint density at radius 1 is 1.27 bits per heavy atom. The van der Waals surface area contributed by atoms with Gasteiger partial charge in [0, 0.05) is 18.3 Å². The summed E-state index contributed by atoms with van der Waals surface area (Å²) in [7, 11) is 1.55. The van der Waals surface area contributed by atoms with Crippen molar-refractivity contribution in [1.82, 2.24) is 4.90 Å². The number of carbonyl (C=O) groups is 2. The van der Waals surface area contributed by atoms with Crippen LogP contribution >= 0.6 is 11.6 Å². The molecule has 2 amide bonds. The third kappa shape index (κ3) is 3.37. The van der Waals surface area contributed by atoms with Crippen molar-refractivity contribution in [2.75, 3.05) is 25.1 Å². The molecular weight excluding hydrogens is 359 g/mol. The van der Waals surface area contributed by atoms with Crippen molar-refractivity contribution < 1.29 is 18.7 Å². The van der Waals surface area contributed by atoms with Crippen LogP contribution in [0.4, 0.5) is 10.1 Å². The molecule has 1 unspecified atom stereocenters. The summed E-state index contributed by atoms with van der Waals surface area (Å²) >= 11 is 5.98. The average Bonchev–Trinajstić information content (AvgIpc) is 2.61. The number of piperazine rings is 1. The minimum Gasteiger partial charge on any atom is -0.497 e. The van der Waals surface area contributed by atoms with Crippen LogP contribution in [0.25, 0.3) is 0 Å². The number of hydrogen-bond acceptors (Lipinski definition) is 3. The maximum absolute atomic E-state index is 14.0. The summed E-state index contributed by atoms with van der Waals surface area (Å²) in [6.45, 7) is 1.96. The molecule has 1 heterocycles. The first-order valence-electron chi connectivity index (χ1n) is 8.11. The monoisotopic (exact) mass is 376 g/mol. The molecule has 136 valence electrons. The summed E-state index contributed by atoms with van der Waals surface area (Å²) in [6.07, 6.45) is 0. The lowest BCUT2D eigenvalue weighted by atomic mass is 10.1. The summed E-state index contributed by atoms with van der Waals surface area (Å²) in [5.41, 5.74) is 0.488. The van der Waals surface area contributed by atoms with E-state index in [0.29, 0.717) is 11.4 Å². The Kier molecular flexibility index (Phi) is 5.13. The Labute approximate surface area is 155 Å². The van der Waals surface area contributed by atoms with Gasteiger partial charge in [0.25, 0.3) is 5.91 Å². The summed E-state index contributed by atoms with van der Waals surface area (Å²) in [5.74, 6) is -0.895. The minimum atomic E-state index is -0.696. The van der Waals surface area contributed by atoms with Gasteiger partial charge < -0.3 is 14.5 Å². The van der Waals surface area contributed by atoms with Crippen molar-refractivity contribution >= 4 is 29.1 Å². The fraction of sp³-hybridized carbons (Fsp3) is 0.263. The highest BCUT2D eigenvalue weighted by Gasteiger charge is 2.35. The number of carbonyl (C=O) groups excluding carboxylic acids is 2. The predicted molar refractivity (Wildman–Crippen MR) is 97.3 cm³/mol. The van der Waals surface area contributed by atoms with Crippen LogP contribution in [-0.4, -0.2) is 43.0 Å². The molecule has 0 aromatic heterocycles. The SMILES string of the molecule is COc1cccc(N2C(=O)CN(C(=O)c3c(F)cccc3Cl)CC2C)c1. The fourth-order valence-electron chi connectivity index (χ4n) is 3.12. The molecule has 7 heteroatoms. The Bertz CT molecular complexity index is 838. The molecule has 0 N–H and O–H groups in total. The van der Waals surface area contributed by atoms with Gasteiger partial charge in [-0.15, -0.1) is 0 Å². The zero-order chi connectivity index (χ0) is 18.8. The molecule has 3 rings (SSSR count). The van der Waals surface area contributed by atoms with E-state index >= 15 is 0 Å². The lowest BCUT2D eigenvalue weighted by Gasteiger charge is -2.39. The molecule has 0 saturated carbocycles. The maximum Gasteiger partial charge on any atom is 0.258 e. The largest absolute Gasteiger partial charge is 0.497 e. The van der Waals surface area contributed by atoms with Crippen LogP contribution in [0.3, 0.4) is 0 Å². The highest BCUT2D eigenvalue weighted by Crippen LogP contribution is 2.27. The van der Waals surface area contributed by atoms with Crippen LogP contribution < -0.4 is 9.64 Å². The molecule has 1 atom stereocenters. The molecule has 1 saturated heterocycles. The Balaban J connectivity index is 1.84. The van der Waals surface area contributed by atoms with Crippen LogP contribution in [0.5, 0.6) is 5.75 Å². The van der Waals surface area contributed by atoms with Crippen LogP contribution in [0.1, 0.15) is 17.3 Å². The van der Waals surface area contributed by atoms with E-state index in [1.54, 1.807) is 30.2 Å².